The first kappa shape index (κ1) is 13.0. The normalized spacial score (nSPS) is 12.2. The van der Waals surface area contributed by atoms with E-state index in [-0.39, 0.29) is 5.91 Å². The van der Waals surface area contributed by atoms with E-state index in [1.54, 1.807) is 11.8 Å². The third-order valence-corrected chi connectivity index (χ3v) is 2.77. The molecule has 0 aliphatic heterocycles. The highest BCUT2D eigenvalue weighted by molar-refractivity contribution is 6.31. The van der Waals surface area contributed by atoms with E-state index in [0.29, 0.717) is 18.1 Å². The molecule has 0 saturated heterocycles. The Bertz CT molecular complexity index is 366. The van der Waals surface area contributed by atoms with Gasteiger partial charge in [-0.1, -0.05) is 29.8 Å². The van der Waals surface area contributed by atoms with Gasteiger partial charge in [0, 0.05) is 18.1 Å². The van der Waals surface area contributed by atoms with E-state index in [0.717, 1.165) is 5.56 Å². The maximum atomic E-state index is 11.7. The molecule has 1 atom stereocenters. The van der Waals surface area contributed by atoms with Crippen molar-refractivity contribution in [3.63, 3.8) is 0 Å². The van der Waals surface area contributed by atoms with E-state index in [9.17, 15) is 4.79 Å². The number of nitrogens with zero attached hydrogens (tertiary/aromatic N) is 1. The van der Waals surface area contributed by atoms with E-state index in [2.05, 4.69) is 0 Å². The maximum Gasteiger partial charge on any atom is 0.239 e. The van der Waals surface area contributed by atoms with Gasteiger partial charge in [-0.05, 0) is 25.5 Å². The van der Waals surface area contributed by atoms with E-state index in [4.69, 9.17) is 17.3 Å². The Kier molecular flexibility index (Phi) is 4.77. The summed E-state index contributed by atoms with van der Waals surface area (Å²) in [6.45, 7) is 4.76. The molecule has 0 fully saturated rings. The van der Waals surface area contributed by atoms with Crippen molar-refractivity contribution in [2.75, 3.05) is 6.54 Å². The summed E-state index contributed by atoms with van der Waals surface area (Å²) in [6.07, 6.45) is 0. The zero-order chi connectivity index (χ0) is 12.1. The number of halogens is 1. The number of hydrogen-bond acceptors (Lipinski definition) is 2. The van der Waals surface area contributed by atoms with Gasteiger partial charge in [0.2, 0.25) is 5.91 Å². The highest BCUT2D eigenvalue weighted by Crippen LogP contribution is 2.17. The van der Waals surface area contributed by atoms with Crippen LogP contribution in [-0.2, 0) is 11.3 Å². The first-order valence-corrected chi connectivity index (χ1v) is 5.71. The number of carbonyl (C=O) groups excluding carboxylic acids is 1. The van der Waals surface area contributed by atoms with Crippen molar-refractivity contribution in [3.05, 3.63) is 34.9 Å². The van der Waals surface area contributed by atoms with Gasteiger partial charge in [0.1, 0.15) is 0 Å². The molecular weight excluding hydrogens is 224 g/mol. The Balaban J connectivity index is 2.78. The molecule has 0 bridgehead atoms. The Morgan fingerprint density at radius 1 is 1.50 bits per heavy atom. The molecule has 3 nitrogen and oxygen atoms in total. The standard InChI is InChI=1S/C12H17ClN2O/c1-3-15(12(16)9(2)14)8-10-6-4-5-7-11(10)13/h4-7,9H,3,8,14H2,1-2H3/t9-/m1/s1. The summed E-state index contributed by atoms with van der Waals surface area (Å²) in [4.78, 5) is 13.4. The van der Waals surface area contributed by atoms with Crippen LogP contribution in [0, 0.1) is 0 Å². The number of hydrogen-bond donors (Lipinski definition) is 1. The zero-order valence-electron chi connectivity index (χ0n) is 9.61. The number of rotatable bonds is 4. The smallest absolute Gasteiger partial charge is 0.239 e. The Hall–Kier alpha value is -1.06. The highest BCUT2D eigenvalue weighted by Gasteiger charge is 2.16. The molecule has 1 aromatic carbocycles. The van der Waals surface area contributed by atoms with Crippen LogP contribution in [0.5, 0.6) is 0 Å². The lowest BCUT2D eigenvalue weighted by molar-refractivity contribution is -0.132. The molecule has 1 aromatic rings. The lowest BCUT2D eigenvalue weighted by Crippen LogP contribution is -2.41. The van der Waals surface area contributed by atoms with Gasteiger partial charge in [-0.15, -0.1) is 0 Å². The minimum absolute atomic E-state index is 0.0533. The van der Waals surface area contributed by atoms with E-state index < -0.39 is 6.04 Å². The van der Waals surface area contributed by atoms with Gasteiger partial charge in [0.05, 0.1) is 6.04 Å². The Morgan fingerprint density at radius 3 is 2.62 bits per heavy atom. The van der Waals surface area contributed by atoms with Gasteiger partial charge in [0.25, 0.3) is 0 Å². The van der Waals surface area contributed by atoms with Gasteiger partial charge in [-0.3, -0.25) is 4.79 Å². The second-order valence-electron chi connectivity index (χ2n) is 3.73. The van der Waals surface area contributed by atoms with Crippen LogP contribution in [0.1, 0.15) is 19.4 Å². The van der Waals surface area contributed by atoms with Crippen LogP contribution in [0.3, 0.4) is 0 Å². The highest BCUT2D eigenvalue weighted by atomic mass is 35.5. The number of amides is 1. The Morgan fingerprint density at radius 2 is 2.12 bits per heavy atom. The summed E-state index contributed by atoms with van der Waals surface area (Å²) in [5.41, 5.74) is 6.52. The van der Waals surface area contributed by atoms with Crippen LogP contribution < -0.4 is 5.73 Å². The average molecular weight is 241 g/mol. The molecule has 1 amide bonds. The molecular formula is C12H17ClN2O. The van der Waals surface area contributed by atoms with Gasteiger partial charge in [-0.25, -0.2) is 0 Å². The quantitative estimate of drug-likeness (QED) is 0.876. The molecule has 0 saturated carbocycles. The lowest BCUT2D eigenvalue weighted by atomic mass is 10.2. The first-order chi connectivity index (χ1) is 7.56. The number of benzene rings is 1. The van der Waals surface area contributed by atoms with Crippen molar-refractivity contribution < 1.29 is 4.79 Å². The van der Waals surface area contributed by atoms with Crippen LogP contribution in [0.25, 0.3) is 0 Å². The van der Waals surface area contributed by atoms with Crippen LogP contribution in [0.15, 0.2) is 24.3 Å². The molecule has 88 valence electrons. The maximum absolute atomic E-state index is 11.7. The van der Waals surface area contributed by atoms with Gasteiger partial charge in [0.15, 0.2) is 0 Å². The predicted molar refractivity (Wildman–Crippen MR) is 66.2 cm³/mol. The van der Waals surface area contributed by atoms with Gasteiger partial charge < -0.3 is 10.6 Å². The summed E-state index contributed by atoms with van der Waals surface area (Å²) in [6, 6.07) is 7.05. The van der Waals surface area contributed by atoms with Crippen molar-refractivity contribution in [2.45, 2.75) is 26.4 Å². The van der Waals surface area contributed by atoms with Crippen molar-refractivity contribution in [2.24, 2.45) is 5.73 Å². The van der Waals surface area contributed by atoms with Crippen LogP contribution in [-0.4, -0.2) is 23.4 Å². The van der Waals surface area contributed by atoms with Gasteiger partial charge >= 0.3 is 0 Å². The second-order valence-corrected chi connectivity index (χ2v) is 4.14. The molecule has 0 aromatic heterocycles. The van der Waals surface area contributed by atoms with E-state index in [1.165, 1.54) is 0 Å². The predicted octanol–water partition coefficient (Wildman–Crippen LogP) is 2.04. The molecule has 1 rings (SSSR count). The van der Waals surface area contributed by atoms with Gasteiger partial charge in [-0.2, -0.15) is 0 Å². The third kappa shape index (κ3) is 3.22. The molecule has 0 aliphatic carbocycles. The zero-order valence-corrected chi connectivity index (χ0v) is 10.4. The molecule has 0 spiro atoms. The number of likely N-dealkylation sites (N-methyl/N-ethyl adjacent to an activating group) is 1. The summed E-state index contributed by atoms with van der Waals surface area (Å²) in [5.74, 6) is -0.0533. The fourth-order valence-corrected chi connectivity index (χ4v) is 1.66. The average Bonchev–Trinajstić information content (AvgIpc) is 2.27. The van der Waals surface area contributed by atoms with Crippen molar-refractivity contribution in [1.82, 2.24) is 4.90 Å². The summed E-state index contributed by atoms with van der Waals surface area (Å²) in [7, 11) is 0. The topological polar surface area (TPSA) is 46.3 Å². The van der Waals surface area contributed by atoms with Crippen molar-refractivity contribution in [3.8, 4) is 0 Å². The Labute approximate surface area is 101 Å². The van der Waals surface area contributed by atoms with Crippen LogP contribution in [0.2, 0.25) is 5.02 Å². The molecule has 0 heterocycles. The van der Waals surface area contributed by atoms with Crippen LogP contribution >= 0.6 is 11.6 Å². The second kappa shape index (κ2) is 5.87. The molecule has 16 heavy (non-hydrogen) atoms. The SMILES string of the molecule is CCN(Cc1ccccc1Cl)C(=O)[C@@H](C)N. The summed E-state index contributed by atoms with van der Waals surface area (Å²) in [5, 5.41) is 0.679. The van der Waals surface area contributed by atoms with Crippen molar-refractivity contribution in [1.29, 1.82) is 0 Å². The minimum atomic E-state index is -0.470. The first-order valence-electron chi connectivity index (χ1n) is 5.34. The fourth-order valence-electron chi connectivity index (χ4n) is 1.47. The van der Waals surface area contributed by atoms with Crippen LogP contribution in [0.4, 0.5) is 0 Å². The number of nitrogens with two attached hydrogens (primary N) is 1. The lowest BCUT2D eigenvalue weighted by Gasteiger charge is -2.23. The largest absolute Gasteiger partial charge is 0.337 e. The molecule has 0 aliphatic rings. The summed E-state index contributed by atoms with van der Waals surface area (Å²) < 4.78 is 0. The number of carbonyl (C=O) groups is 1. The fraction of sp³-hybridized carbons (Fsp3) is 0.417. The van der Waals surface area contributed by atoms with Crippen molar-refractivity contribution >= 4 is 17.5 Å². The third-order valence-electron chi connectivity index (χ3n) is 2.40. The van der Waals surface area contributed by atoms with E-state index >= 15 is 0 Å². The van der Waals surface area contributed by atoms with E-state index in [1.807, 2.05) is 31.2 Å². The summed E-state index contributed by atoms with van der Waals surface area (Å²) >= 11 is 6.04. The molecule has 0 radical (unpaired) electrons. The molecule has 0 unspecified atom stereocenters. The molecule has 4 heteroatoms. The molecule has 2 N–H and O–H groups in total. The monoisotopic (exact) mass is 240 g/mol. The minimum Gasteiger partial charge on any atom is -0.337 e.